The molecule has 1 nitrogen and oxygen atoms in total. The lowest BCUT2D eigenvalue weighted by molar-refractivity contribution is 0.208. The van der Waals surface area contributed by atoms with Gasteiger partial charge in [-0.2, -0.15) is 0 Å². The van der Waals surface area contributed by atoms with Gasteiger partial charge in [0.2, 0.25) is 0 Å². The number of nitrogens with two attached hydrogens (primary N) is 1. The first-order valence-corrected chi connectivity index (χ1v) is 7.58. The van der Waals surface area contributed by atoms with Gasteiger partial charge < -0.3 is 5.73 Å². The van der Waals surface area contributed by atoms with Gasteiger partial charge in [0.1, 0.15) is 0 Å². The third kappa shape index (κ3) is 3.27. The molecule has 2 aliphatic carbocycles. The molecule has 0 radical (unpaired) electrons. The summed E-state index contributed by atoms with van der Waals surface area (Å²) in [4.78, 5) is 0. The molecule has 0 bridgehead atoms. The standard InChI is InChI=1S/C13H23Cl2N/c14-11-5-1-3-9(7-11)13(16)10-4-2-6-12(15)8-10/h9-13H,1-8,16H2. The van der Waals surface area contributed by atoms with Gasteiger partial charge in [-0.3, -0.25) is 0 Å². The molecule has 0 aromatic rings. The van der Waals surface area contributed by atoms with Crippen LogP contribution < -0.4 is 5.73 Å². The van der Waals surface area contributed by atoms with E-state index in [0.717, 1.165) is 12.8 Å². The molecule has 2 rings (SSSR count). The summed E-state index contributed by atoms with van der Waals surface area (Å²) in [6.45, 7) is 0. The van der Waals surface area contributed by atoms with Crippen molar-refractivity contribution in [1.82, 2.24) is 0 Å². The van der Waals surface area contributed by atoms with Gasteiger partial charge in [0.15, 0.2) is 0 Å². The Balaban J connectivity index is 1.87. The molecule has 2 saturated carbocycles. The first kappa shape index (κ1) is 13.0. The molecule has 16 heavy (non-hydrogen) atoms. The number of alkyl halides is 2. The maximum Gasteiger partial charge on any atom is 0.0339 e. The van der Waals surface area contributed by atoms with Crippen LogP contribution in [0.1, 0.15) is 51.4 Å². The van der Waals surface area contributed by atoms with E-state index in [4.69, 9.17) is 28.9 Å². The van der Waals surface area contributed by atoms with Crippen LogP contribution in [0.5, 0.6) is 0 Å². The molecule has 4 atom stereocenters. The first-order chi connectivity index (χ1) is 7.66. The molecule has 2 aliphatic rings. The molecule has 0 aromatic heterocycles. The van der Waals surface area contributed by atoms with Gasteiger partial charge in [-0.1, -0.05) is 12.8 Å². The minimum absolute atomic E-state index is 0.336. The second-order valence-electron chi connectivity index (χ2n) is 5.63. The van der Waals surface area contributed by atoms with Gasteiger partial charge in [-0.15, -0.1) is 23.2 Å². The van der Waals surface area contributed by atoms with E-state index in [-0.39, 0.29) is 0 Å². The summed E-state index contributed by atoms with van der Waals surface area (Å²) in [5.41, 5.74) is 6.43. The highest BCUT2D eigenvalue weighted by Gasteiger charge is 2.32. The number of rotatable bonds is 2. The van der Waals surface area contributed by atoms with Crippen molar-refractivity contribution >= 4 is 23.2 Å². The second kappa shape index (κ2) is 5.93. The van der Waals surface area contributed by atoms with Crippen LogP contribution in [0.4, 0.5) is 0 Å². The Labute approximate surface area is 109 Å². The fraction of sp³-hybridized carbons (Fsp3) is 1.00. The van der Waals surface area contributed by atoms with Gasteiger partial charge in [-0.05, 0) is 50.4 Å². The number of hydrogen-bond acceptors (Lipinski definition) is 1. The van der Waals surface area contributed by atoms with Gasteiger partial charge in [-0.25, -0.2) is 0 Å². The Hall–Kier alpha value is 0.540. The van der Waals surface area contributed by atoms with Crippen molar-refractivity contribution in [2.75, 3.05) is 0 Å². The molecule has 0 saturated heterocycles. The molecule has 0 heterocycles. The zero-order chi connectivity index (χ0) is 11.5. The SMILES string of the molecule is NC(C1CCCC(Cl)C1)C1CCCC(Cl)C1. The van der Waals surface area contributed by atoms with E-state index in [1.165, 1.54) is 38.5 Å². The largest absolute Gasteiger partial charge is 0.327 e. The van der Waals surface area contributed by atoms with Crippen molar-refractivity contribution in [2.24, 2.45) is 17.6 Å². The normalized spacial score (nSPS) is 42.9. The molecule has 2 N–H and O–H groups in total. The maximum atomic E-state index is 6.43. The van der Waals surface area contributed by atoms with E-state index < -0.39 is 0 Å². The van der Waals surface area contributed by atoms with Gasteiger partial charge in [0.05, 0.1) is 0 Å². The van der Waals surface area contributed by atoms with Crippen LogP contribution in [-0.2, 0) is 0 Å². The fourth-order valence-corrected chi connectivity index (χ4v) is 4.18. The Morgan fingerprint density at radius 3 is 1.62 bits per heavy atom. The Bertz CT molecular complexity index is 200. The lowest BCUT2D eigenvalue weighted by atomic mass is 9.74. The predicted molar refractivity (Wildman–Crippen MR) is 71.2 cm³/mol. The predicted octanol–water partition coefficient (Wildman–Crippen LogP) is 3.91. The van der Waals surface area contributed by atoms with Crippen molar-refractivity contribution in [1.29, 1.82) is 0 Å². The minimum atomic E-state index is 0.336. The lowest BCUT2D eigenvalue weighted by Gasteiger charge is -2.37. The Morgan fingerprint density at radius 1 is 0.812 bits per heavy atom. The first-order valence-electron chi connectivity index (χ1n) is 6.70. The van der Waals surface area contributed by atoms with E-state index >= 15 is 0 Å². The highest BCUT2D eigenvalue weighted by molar-refractivity contribution is 6.20. The molecule has 94 valence electrons. The van der Waals surface area contributed by atoms with Crippen LogP contribution in [0.15, 0.2) is 0 Å². The number of halogens is 2. The summed E-state index contributed by atoms with van der Waals surface area (Å²) in [5, 5.41) is 0.723. The number of hydrogen-bond donors (Lipinski definition) is 1. The molecule has 2 fully saturated rings. The van der Waals surface area contributed by atoms with E-state index in [9.17, 15) is 0 Å². The van der Waals surface area contributed by atoms with Crippen LogP contribution in [-0.4, -0.2) is 16.8 Å². The summed E-state index contributed by atoms with van der Waals surface area (Å²) in [6, 6.07) is 0.336. The molecular formula is C13H23Cl2N. The molecule has 0 aliphatic heterocycles. The Morgan fingerprint density at radius 2 is 1.25 bits per heavy atom. The summed E-state index contributed by atoms with van der Waals surface area (Å²) in [7, 11) is 0. The van der Waals surface area contributed by atoms with Crippen LogP contribution in [0.25, 0.3) is 0 Å². The topological polar surface area (TPSA) is 26.0 Å². The Kier molecular flexibility index (Phi) is 4.81. The van der Waals surface area contributed by atoms with E-state index in [0.29, 0.717) is 28.6 Å². The van der Waals surface area contributed by atoms with Crippen molar-refractivity contribution < 1.29 is 0 Å². The van der Waals surface area contributed by atoms with Crippen LogP contribution >= 0.6 is 23.2 Å². The summed E-state index contributed by atoms with van der Waals surface area (Å²) < 4.78 is 0. The molecular weight excluding hydrogens is 241 g/mol. The minimum Gasteiger partial charge on any atom is -0.327 e. The van der Waals surface area contributed by atoms with Gasteiger partial charge in [0, 0.05) is 16.8 Å². The van der Waals surface area contributed by atoms with E-state index in [1.807, 2.05) is 0 Å². The molecule has 0 amide bonds. The molecule has 4 unspecified atom stereocenters. The average molecular weight is 264 g/mol. The summed E-state index contributed by atoms with van der Waals surface area (Å²) in [5.74, 6) is 1.28. The molecule has 0 aromatic carbocycles. The smallest absolute Gasteiger partial charge is 0.0339 e. The van der Waals surface area contributed by atoms with E-state index in [1.54, 1.807) is 0 Å². The lowest BCUT2D eigenvalue weighted by Crippen LogP contribution is -2.42. The third-order valence-electron chi connectivity index (χ3n) is 4.39. The maximum absolute atomic E-state index is 6.43. The average Bonchev–Trinajstić information content (AvgIpc) is 2.28. The monoisotopic (exact) mass is 263 g/mol. The summed E-state index contributed by atoms with van der Waals surface area (Å²) >= 11 is 12.5. The molecule has 0 spiro atoms. The van der Waals surface area contributed by atoms with Crippen LogP contribution in [0.2, 0.25) is 0 Å². The fourth-order valence-electron chi connectivity index (χ4n) is 3.42. The van der Waals surface area contributed by atoms with Crippen molar-refractivity contribution in [3.05, 3.63) is 0 Å². The third-order valence-corrected chi connectivity index (χ3v) is 5.18. The van der Waals surface area contributed by atoms with Crippen molar-refractivity contribution in [3.63, 3.8) is 0 Å². The van der Waals surface area contributed by atoms with Gasteiger partial charge in [0.25, 0.3) is 0 Å². The quantitative estimate of drug-likeness (QED) is 0.752. The summed E-state index contributed by atoms with van der Waals surface area (Å²) in [6.07, 6.45) is 9.63. The van der Waals surface area contributed by atoms with Crippen LogP contribution in [0.3, 0.4) is 0 Å². The van der Waals surface area contributed by atoms with E-state index in [2.05, 4.69) is 0 Å². The zero-order valence-corrected chi connectivity index (χ0v) is 11.4. The molecule has 3 heteroatoms. The van der Waals surface area contributed by atoms with Gasteiger partial charge >= 0.3 is 0 Å². The van der Waals surface area contributed by atoms with Crippen molar-refractivity contribution in [3.8, 4) is 0 Å². The van der Waals surface area contributed by atoms with Crippen molar-refractivity contribution in [2.45, 2.75) is 68.2 Å². The highest BCUT2D eigenvalue weighted by Crippen LogP contribution is 2.37. The zero-order valence-electron chi connectivity index (χ0n) is 9.88. The second-order valence-corrected chi connectivity index (χ2v) is 6.86. The highest BCUT2D eigenvalue weighted by atomic mass is 35.5. The van der Waals surface area contributed by atoms with Crippen LogP contribution in [0, 0.1) is 11.8 Å².